The molecule has 2 aromatic carbocycles. The number of hydrogen-bond donors (Lipinski definition) is 1. The second-order valence-corrected chi connectivity index (χ2v) is 7.32. The van der Waals surface area contributed by atoms with Crippen LogP contribution in [0.1, 0.15) is 48.4 Å². The number of anilines is 1. The quantitative estimate of drug-likeness (QED) is 0.651. The Morgan fingerprint density at radius 1 is 1.16 bits per heavy atom. The third kappa shape index (κ3) is 4.85. The van der Waals surface area contributed by atoms with E-state index in [4.69, 9.17) is 4.74 Å². The predicted octanol–water partition coefficient (Wildman–Crippen LogP) is 5.91. The van der Waals surface area contributed by atoms with Gasteiger partial charge in [0.1, 0.15) is 5.75 Å². The molecule has 0 aliphatic rings. The van der Waals surface area contributed by atoms with Crippen molar-refractivity contribution in [1.29, 1.82) is 0 Å². The fourth-order valence-corrected chi connectivity index (χ4v) is 3.05. The summed E-state index contributed by atoms with van der Waals surface area (Å²) in [6.45, 7) is 10.4. The molecule has 0 aromatic heterocycles. The summed E-state index contributed by atoms with van der Waals surface area (Å²) in [5, 5.41) is 2.88. The van der Waals surface area contributed by atoms with Crippen LogP contribution in [0.2, 0.25) is 0 Å². The van der Waals surface area contributed by atoms with Gasteiger partial charge in [-0.25, -0.2) is 0 Å². The maximum atomic E-state index is 12.2. The summed E-state index contributed by atoms with van der Waals surface area (Å²) in [4.78, 5) is 12.2. The van der Waals surface area contributed by atoms with Gasteiger partial charge >= 0.3 is 0 Å². The summed E-state index contributed by atoms with van der Waals surface area (Å²) in [7, 11) is 0. The molecule has 4 heteroatoms. The molecule has 1 N–H and O–H groups in total. The zero-order chi connectivity index (χ0) is 18.6. The molecule has 2 rings (SSSR count). The number of nitrogens with one attached hydrogen (secondary N) is 1. The number of amides is 1. The van der Waals surface area contributed by atoms with E-state index in [9.17, 15) is 4.79 Å². The van der Waals surface area contributed by atoms with Crippen molar-refractivity contribution >= 4 is 27.5 Å². The van der Waals surface area contributed by atoms with Crippen LogP contribution in [-0.4, -0.2) is 12.5 Å². The van der Waals surface area contributed by atoms with Gasteiger partial charge in [-0.2, -0.15) is 0 Å². The van der Waals surface area contributed by atoms with Gasteiger partial charge in [0, 0.05) is 10.2 Å². The van der Waals surface area contributed by atoms with Gasteiger partial charge in [0.15, 0.2) is 6.61 Å². The number of carbonyl (C=O) groups is 1. The average molecular weight is 404 g/mol. The average Bonchev–Trinajstić information content (AvgIpc) is 2.61. The van der Waals surface area contributed by atoms with Crippen molar-refractivity contribution in [1.82, 2.24) is 0 Å². The first-order valence-corrected chi connectivity index (χ1v) is 9.41. The van der Waals surface area contributed by atoms with Crippen molar-refractivity contribution in [3.63, 3.8) is 0 Å². The highest BCUT2D eigenvalue weighted by Gasteiger charge is 2.11. The molecular formula is C21H26BrNO2. The highest BCUT2D eigenvalue weighted by Crippen LogP contribution is 2.31. The number of ether oxygens (including phenoxy) is 1. The molecule has 0 bridgehead atoms. The normalized spacial score (nSPS) is 11.9. The highest BCUT2D eigenvalue weighted by atomic mass is 79.9. The third-order valence-electron chi connectivity index (χ3n) is 4.69. The minimum Gasteiger partial charge on any atom is -0.483 e. The maximum Gasteiger partial charge on any atom is 0.262 e. The predicted molar refractivity (Wildman–Crippen MR) is 108 cm³/mol. The van der Waals surface area contributed by atoms with Crippen LogP contribution in [0.4, 0.5) is 5.69 Å². The Morgan fingerprint density at radius 2 is 1.80 bits per heavy atom. The molecular weight excluding hydrogens is 378 g/mol. The number of aryl methyl sites for hydroxylation is 1. The second kappa shape index (κ2) is 8.52. The topological polar surface area (TPSA) is 38.3 Å². The van der Waals surface area contributed by atoms with Crippen molar-refractivity contribution in [2.24, 2.45) is 0 Å². The molecule has 1 amide bonds. The van der Waals surface area contributed by atoms with Gasteiger partial charge in [0.05, 0.1) is 0 Å². The zero-order valence-corrected chi connectivity index (χ0v) is 17.2. The van der Waals surface area contributed by atoms with E-state index in [2.05, 4.69) is 47.2 Å². The van der Waals surface area contributed by atoms with Crippen LogP contribution in [-0.2, 0) is 4.79 Å². The first-order chi connectivity index (χ1) is 11.8. The van der Waals surface area contributed by atoms with Crippen molar-refractivity contribution < 1.29 is 9.53 Å². The summed E-state index contributed by atoms with van der Waals surface area (Å²) < 4.78 is 6.82. The van der Waals surface area contributed by atoms with E-state index in [0.717, 1.165) is 39.0 Å². The number of benzene rings is 2. The molecule has 0 spiro atoms. The minimum absolute atomic E-state index is 0.00549. The molecule has 0 saturated heterocycles. The molecule has 0 fully saturated rings. The Kier molecular flexibility index (Phi) is 6.65. The number of hydrogen-bond acceptors (Lipinski definition) is 2. The molecule has 0 aliphatic carbocycles. The molecule has 2 aromatic rings. The Hall–Kier alpha value is -1.81. The second-order valence-electron chi connectivity index (χ2n) is 6.52. The molecule has 1 unspecified atom stereocenters. The Bertz CT molecular complexity index is 753. The van der Waals surface area contributed by atoms with Crippen molar-refractivity contribution in [2.45, 2.75) is 47.0 Å². The van der Waals surface area contributed by atoms with Crippen LogP contribution < -0.4 is 10.1 Å². The summed E-state index contributed by atoms with van der Waals surface area (Å²) in [6.07, 6.45) is 1.10. The molecule has 134 valence electrons. The van der Waals surface area contributed by atoms with E-state index in [-0.39, 0.29) is 12.5 Å². The van der Waals surface area contributed by atoms with Gasteiger partial charge in [-0.05, 0) is 73.6 Å². The molecule has 0 radical (unpaired) electrons. The van der Waals surface area contributed by atoms with Crippen LogP contribution in [0.15, 0.2) is 34.8 Å². The number of carbonyl (C=O) groups excluding carboxylic acids is 1. The maximum absolute atomic E-state index is 12.2. The lowest BCUT2D eigenvalue weighted by atomic mass is 9.99. The Morgan fingerprint density at radius 3 is 2.40 bits per heavy atom. The largest absolute Gasteiger partial charge is 0.483 e. The lowest BCUT2D eigenvalue weighted by Gasteiger charge is -2.14. The molecule has 3 nitrogen and oxygen atoms in total. The van der Waals surface area contributed by atoms with Crippen LogP contribution in [0.25, 0.3) is 0 Å². The van der Waals surface area contributed by atoms with E-state index >= 15 is 0 Å². The highest BCUT2D eigenvalue weighted by molar-refractivity contribution is 9.10. The molecule has 0 heterocycles. The van der Waals surface area contributed by atoms with Gasteiger partial charge in [0.2, 0.25) is 0 Å². The minimum atomic E-state index is -0.158. The van der Waals surface area contributed by atoms with E-state index < -0.39 is 0 Å². The third-order valence-corrected chi connectivity index (χ3v) is 5.91. The van der Waals surface area contributed by atoms with Gasteiger partial charge < -0.3 is 10.1 Å². The monoisotopic (exact) mass is 403 g/mol. The van der Waals surface area contributed by atoms with Crippen LogP contribution in [0.3, 0.4) is 0 Å². The number of halogens is 1. The summed E-state index contributed by atoms with van der Waals surface area (Å²) >= 11 is 3.57. The van der Waals surface area contributed by atoms with Gasteiger partial charge in [-0.1, -0.05) is 41.9 Å². The van der Waals surface area contributed by atoms with Crippen LogP contribution in [0.5, 0.6) is 5.75 Å². The molecule has 0 saturated carbocycles. The molecule has 1 atom stereocenters. The van der Waals surface area contributed by atoms with Gasteiger partial charge in [-0.3, -0.25) is 4.79 Å². The SMILES string of the molecule is CCC(C)c1ccc(NC(=O)COc2cc(C)c(Br)c(C)c2C)cc1. The fraction of sp³-hybridized carbons (Fsp3) is 0.381. The van der Waals surface area contributed by atoms with Crippen molar-refractivity contribution in [2.75, 3.05) is 11.9 Å². The first-order valence-electron chi connectivity index (χ1n) is 8.62. The standard InChI is InChI=1S/C21H26BrNO2/c1-6-13(2)17-7-9-18(10-8-17)23-20(24)12-25-19-11-14(3)21(22)16(5)15(19)4/h7-11,13H,6,12H2,1-5H3,(H,23,24). The van der Waals surface area contributed by atoms with Crippen molar-refractivity contribution in [3.05, 3.63) is 57.1 Å². The molecule has 0 aliphatic heterocycles. The van der Waals surface area contributed by atoms with Crippen molar-refractivity contribution in [3.8, 4) is 5.75 Å². The Balaban J connectivity index is 1.97. The first kappa shape index (κ1) is 19.5. The summed E-state index contributed by atoms with van der Waals surface area (Å²) in [5.41, 5.74) is 5.35. The summed E-state index contributed by atoms with van der Waals surface area (Å²) in [5.74, 6) is 1.12. The lowest BCUT2D eigenvalue weighted by Crippen LogP contribution is -2.20. The Labute approximate surface area is 158 Å². The summed E-state index contributed by atoms with van der Waals surface area (Å²) in [6, 6.07) is 9.98. The number of rotatable bonds is 6. The van der Waals surface area contributed by atoms with Gasteiger partial charge in [-0.15, -0.1) is 0 Å². The van der Waals surface area contributed by atoms with Crippen LogP contribution >= 0.6 is 15.9 Å². The van der Waals surface area contributed by atoms with E-state index in [0.29, 0.717) is 5.92 Å². The lowest BCUT2D eigenvalue weighted by molar-refractivity contribution is -0.118. The van der Waals surface area contributed by atoms with Crippen LogP contribution in [0, 0.1) is 20.8 Å². The van der Waals surface area contributed by atoms with E-state index in [1.807, 2.05) is 39.0 Å². The van der Waals surface area contributed by atoms with E-state index in [1.165, 1.54) is 5.56 Å². The van der Waals surface area contributed by atoms with Gasteiger partial charge in [0.25, 0.3) is 5.91 Å². The molecule has 25 heavy (non-hydrogen) atoms. The zero-order valence-electron chi connectivity index (χ0n) is 15.6. The fourth-order valence-electron chi connectivity index (χ4n) is 2.63. The smallest absolute Gasteiger partial charge is 0.262 e. The van der Waals surface area contributed by atoms with E-state index in [1.54, 1.807) is 0 Å².